The highest BCUT2D eigenvalue weighted by atomic mass is 32.2. The minimum Gasteiger partial charge on any atom is -0.497 e. The van der Waals surface area contributed by atoms with Crippen molar-refractivity contribution in [2.45, 2.75) is 31.7 Å². The maximum absolute atomic E-state index is 12.9. The Labute approximate surface area is 166 Å². The van der Waals surface area contributed by atoms with Crippen LogP contribution in [0, 0.1) is 5.92 Å². The van der Waals surface area contributed by atoms with Crippen molar-refractivity contribution in [2.75, 3.05) is 40.0 Å². The van der Waals surface area contributed by atoms with Gasteiger partial charge in [-0.25, -0.2) is 0 Å². The van der Waals surface area contributed by atoms with E-state index in [2.05, 4.69) is 19.2 Å². The number of rotatable bonds is 9. The lowest BCUT2D eigenvalue weighted by Gasteiger charge is -2.33. The molecule has 1 fully saturated rings. The van der Waals surface area contributed by atoms with Crippen molar-refractivity contribution in [2.24, 2.45) is 5.92 Å². The first-order valence-corrected chi connectivity index (χ1v) is 10.4. The lowest BCUT2D eigenvalue weighted by Crippen LogP contribution is -2.50. The first kappa shape index (κ1) is 21.6. The van der Waals surface area contributed by atoms with Gasteiger partial charge in [0.2, 0.25) is 11.8 Å². The smallest absolute Gasteiger partial charge is 0.242 e. The Kier molecular flexibility index (Phi) is 7.98. The molecule has 2 amide bonds. The van der Waals surface area contributed by atoms with Gasteiger partial charge < -0.3 is 19.9 Å². The van der Waals surface area contributed by atoms with E-state index in [-0.39, 0.29) is 17.2 Å². The van der Waals surface area contributed by atoms with Gasteiger partial charge >= 0.3 is 0 Å². The number of benzene rings is 1. The summed E-state index contributed by atoms with van der Waals surface area (Å²) in [5.41, 5.74) is 1.02. The van der Waals surface area contributed by atoms with Crippen molar-refractivity contribution in [1.29, 1.82) is 0 Å². The molecular weight excluding hydrogens is 362 g/mol. The monoisotopic (exact) mass is 393 g/mol. The minimum absolute atomic E-state index is 0.0224. The molecule has 150 valence electrons. The molecule has 1 aromatic rings. The molecule has 7 heteroatoms. The van der Waals surface area contributed by atoms with Crippen LogP contribution in [0.25, 0.3) is 0 Å². The van der Waals surface area contributed by atoms with Gasteiger partial charge in [-0.05, 0) is 44.1 Å². The van der Waals surface area contributed by atoms with Crippen LogP contribution in [0.5, 0.6) is 5.75 Å². The molecule has 1 N–H and O–H groups in total. The molecule has 0 spiro atoms. The summed E-state index contributed by atoms with van der Waals surface area (Å²) in [6, 6.07) is 7.27. The highest BCUT2D eigenvalue weighted by molar-refractivity contribution is 8.00. The van der Waals surface area contributed by atoms with Crippen LogP contribution >= 0.6 is 11.8 Å². The Morgan fingerprint density at radius 1 is 1.33 bits per heavy atom. The molecule has 1 aromatic carbocycles. The summed E-state index contributed by atoms with van der Waals surface area (Å²) in [6.45, 7) is 5.50. The fourth-order valence-corrected chi connectivity index (χ4v) is 4.34. The van der Waals surface area contributed by atoms with E-state index < -0.39 is 6.04 Å². The molecule has 0 radical (unpaired) electrons. The molecule has 1 aliphatic heterocycles. The fourth-order valence-electron chi connectivity index (χ4n) is 3.11. The van der Waals surface area contributed by atoms with Gasteiger partial charge in [-0.1, -0.05) is 26.0 Å². The SMILES string of the molecule is COc1ccc([C@H]2SCC(=O)N2[C@H](CC(C)C)C(=O)NCCN(C)C)cc1. The molecule has 6 nitrogen and oxygen atoms in total. The van der Waals surface area contributed by atoms with Gasteiger partial charge in [0, 0.05) is 13.1 Å². The van der Waals surface area contributed by atoms with E-state index in [4.69, 9.17) is 4.74 Å². The number of nitrogens with zero attached hydrogens (tertiary/aromatic N) is 2. The average Bonchev–Trinajstić information content (AvgIpc) is 3.00. The highest BCUT2D eigenvalue weighted by Crippen LogP contribution is 2.41. The Morgan fingerprint density at radius 3 is 2.56 bits per heavy atom. The lowest BCUT2D eigenvalue weighted by molar-refractivity contribution is -0.139. The number of hydrogen-bond donors (Lipinski definition) is 1. The van der Waals surface area contributed by atoms with Crippen molar-refractivity contribution in [3.8, 4) is 5.75 Å². The Balaban J connectivity index is 2.21. The summed E-state index contributed by atoms with van der Waals surface area (Å²) in [5.74, 6) is 1.44. The molecule has 0 aromatic heterocycles. The quantitative estimate of drug-likeness (QED) is 0.698. The van der Waals surface area contributed by atoms with Crippen LogP contribution in [0.3, 0.4) is 0 Å². The zero-order valence-corrected chi connectivity index (χ0v) is 17.7. The summed E-state index contributed by atoms with van der Waals surface area (Å²) in [5, 5.41) is 2.86. The van der Waals surface area contributed by atoms with Crippen LogP contribution in [0.2, 0.25) is 0 Å². The molecular formula is C20H31N3O3S. The molecule has 1 aliphatic rings. The molecule has 0 bridgehead atoms. The number of hydrogen-bond acceptors (Lipinski definition) is 5. The first-order valence-electron chi connectivity index (χ1n) is 9.32. The van der Waals surface area contributed by atoms with E-state index in [9.17, 15) is 9.59 Å². The molecule has 1 saturated heterocycles. The van der Waals surface area contributed by atoms with Gasteiger partial charge in [-0.3, -0.25) is 9.59 Å². The van der Waals surface area contributed by atoms with Gasteiger partial charge in [-0.2, -0.15) is 0 Å². The number of thioether (sulfide) groups is 1. The predicted octanol–water partition coefficient (Wildman–Crippen LogP) is 2.36. The van der Waals surface area contributed by atoms with Gasteiger partial charge in [0.05, 0.1) is 12.9 Å². The van der Waals surface area contributed by atoms with E-state index in [1.807, 2.05) is 43.3 Å². The lowest BCUT2D eigenvalue weighted by atomic mass is 10.0. The van der Waals surface area contributed by atoms with Crippen molar-refractivity contribution in [1.82, 2.24) is 15.1 Å². The molecule has 0 saturated carbocycles. The van der Waals surface area contributed by atoms with Crippen molar-refractivity contribution < 1.29 is 14.3 Å². The van der Waals surface area contributed by atoms with E-state index in [1.54, 1.807) is 23.8 Å². The molecule has 27 heavy (non-hydrogen) atoms. The first-order chi connectivity index (χ1) is 12.8. The summed E-state index contributed by atoms with van der Waals surface area (Å²) in [6.07, 6.45) is 0.646. The third-order valence-electron chi connectivity index (χ3n) is 4.50. The van der Waals surface area contributed by atoms with Gasteiger partial charge in [0.15, 0.2) is 0 Å². The minimum atomic E-state index is -0.457. The Morgan fingerprint density at radius 2 is 2.00 bits per heavy atom. The van der Waals surface area contributed by atoms with Crippen molar-refractivity contribution >= 4 is 23.6 Å². The third-order valence-corrected chi connectivity index (χ3v) is 5.73. The maximum Gasteiger partial charge on any atom is 0.242 e. The zero-order valence-electron chi connectivity index (χ0n) is 16.9. The zero-order chi connectivity index (χ0) is 20.0. The molecule has 0 aliphatic carbocycles. The number of carbonyl (C=O) groups excluding carboxylic acids is 2. The summed E-state index contributed by atoms with van der Waals surface area (Å²) < 4.78 is 5.23. The van der Waals surface area contributed by atoms with Crippen LogP contribution in [-0.4, -0.2) is 67.7 Å². The number of nitrogens with one attached hydrogen (secondary N) is 1. The van der Waals surface area contributed by atoms with E-state index >= 15 is 0 Å². The van der Waals surface area contributed by atoms with Gasteiger partial charge in [-0.15, -0.1) is 11.8 Å². The normalized spacial score (nSPS) is 18.3. The van der Waals surface area contributed by atoms with Crippen LogP contribution in [-0.2, 0) is 9.59 Å². The molecule has 2 rings (SSSR count). The van der Waals surface area contributed by atoms with Crippen LogP contribution in [0.1, 0.15) is 31.2 Å². The third kappa shape index (κ3) is 5.87. The number of carbonyl (C=O) groups is 2. The highest BCUT2D eigenvalue weighted by Gasteiger charge is 2.40. The summed E-state index contributed by atoms with van der Waals surface area (Å²) in [7, 11) is 5.57. The topological polar surface area (TPSA) is 61.9 Å². The maximum atomic E-state index is 12.9. The molecule has 0 unspecified atom stereocenters. The van der Waals surface area contributed by atoms with Crippen LogP contribution < -0.4 is 10.1 Å². The Bertz CT molecular complexity index is 634. The predicted molar refractivity (Wildman–Crippen MR) is 110 cm³/mol. The van der Waals surface area contributed by atoms with Gasteiger partial charge in [0.25, 0.3) is 0 Å². The largest absolute Gasteiger partial charge is 0.497 e. The molecule has 1 heterocycles. The van der Waals surface area contributed by atoms with Crippen LogP contribution in [0.15, 0.2) is 24.3 Å². The summed E-state index contributed by atoms with van der Waals surface area (Å²) >= 11 is 1.57. The second-order valence-corrected chi connectivity index (χ2v) is 8.55. The van der Waals surface area contributed by atoms with E-state index in [0.717, 1.165) is 17.9 Å². The summed E-state index contributed by atoms with van der Waals surface area (Å²) in [4.78, 5) is 29.4. The van der Waals surface area contributed by atoms with Crippen molar-refractivity contribution in [3.63, 3.8) is 0 Å². The second kappa shape index (κ2) is 9.99. The Hall–Kier alpha value is -1.73. The standard InChI is InChI=1S/C20H31N3O3S/c1-14(2)12-17(19(25)21-10-11-22(3)4)23-18(24)13-27-20(23)15-6-8-16(26-5)9-7-15/h6-9,14,17,20H,10-13H2,1-5H3,(H,21,25)/t17-,20-/m1/s1. The van der Waals surface area contributed by atoms with Gasteiger partial charge in [0.1, 0.15) is 17.2 Å². The average molecular weight is 394 g/mol. The number of likely N-dealkylation sites (N-methyl/N-ethyl adjacent to an activating group) is 1. The van der Waals surface area contributed by atoms with E-state index in [0.29, 0.717) is 24.6 Å². The van der Waals surface area contributed by atoms with E-state index in [1.165, 1.54) is 0 Å². The number of methoxy groups -OCH3 is 1. The second-order valence-electron chi connectivity index (χ2n) is 7.48. The van der Waals surface area contributed by atoms with Crippen molar-refractivity contribution in [3.05, 3.63) is 29.8 Å². The van der Waals surface area contributed by atoms with Crippen LogP contribution in [0.4, 0.5) is 0 Å². The molecule has 2 atom stereocenters. The number of amides is 2. The number of ether oxygens (including phenoxy) is 1. The fraction of sp³-hybridized carbons (Fsp3) is 0.600.